The average Bonchev–Trinajstić information content (AvgIpc) is 3.28. The molecule has 5 aromatic carbocycles. The highest BCUT2D eigenvalue weighted by atomic mass is 14.5. The Balaban J connectivity index is 1.67. The van der Waals surface area contributed by atoms with Gasteiger partial charge in [0.15, 0.2) is 0 Å². The third-order valence-electron chi connectivity index (χ3n) is 7.56. The van der Waals surface area contributed by atoms with E-state index in [1.165, 1.54) is 44.5 Å². The van der Waals surface area contributed by atoms with Crippen LogP contribution in [0.1, 0.15) is 34.2 Å². The van der Waals surface area contributed by atoms with Crippen molar-refractivity contribution in [2.24, 2.45) is 0 Å². The van der Waals surface area contributed by atoms with Crippen LogP contribution in [0.2, 0.25) is 0 Å². The van der Waals surface area contributed by atoms with Crippen LogP contribution in [0.3, 0.4) is 0 Å². The van der Waals surface area contributed by atoms with E-state index in [-0.39, 0.29) is 0 Å². The van der Waals surface area contributed by atoms with Gasteiger partial charge in [0, 0.05) is 0 Å². The van der Waals surface area contributed by atoms with Gasteiger partial charge in [0.1, 0.15) is 0 Å². The summed E-state index contributed by atoms with van der Waals surface area (Å²) in [5.74, 6) is 0. The number of fused-ring (bicyclic) bond motifs is 3. The highest BCUT2D eigenvalue weighted by Gasteiger charge is 2.46. The lowest BCUT2D eigenvalue weighted by Gasteiger charge is -2.34. The molecule has 0 radical (unpaired) electrons. The molecule has 0 bridgehead atoms. The van der Waals surface area contributed by atoms with E-state index in [4.69, 9.17) is 5.26 Å². The Morgan fingerprint density at radius 3 is 1.82 bits per heavy atom. The first kappa shape index (κ1) is 23.5. The molecular formula is C37H27N. The van der Waals surface area contributed by atoms with Crippen LogP contribution in [-0.2, 0) is 5.41 Å². The molecule has 0 spiro atoms. The van der Waals surface area contributed by atoms with Gasteiger partial charge < -0.3 is 0 Å². The van der Waals surface area contributed by atoms with Gasteiger partial charge in [-0.2, -0.15) is 5.26 Å². The van der Waals surface area contributed by atoms with Crippen LogP contribution in [-0.4, -0.2) is 0 Å². The first-order valence-corrected chi connectivity index (χ1v) is 12.9. The van der Waals surface area contributed by atoms with Gasteiger partial charge in [-0.25, -0.2) is 0 Å². The van der Waals surface area contributed by atoms with Crippen LogP contribution in [0.15, 0.2) is 146 Å². The standard InChI is InChI=1S/C37H27N/c1-27(13-11-12-24-38)29-20-22-33-34-23-21-30(28-14-5-2-6-15-28)26-36(34)37(35(33)25-29,31-16-7-3-8-17-31)32-18-9-4-10-19-32/h2-11,13-23,25-26H,1,12H2/b13-11-. The second-order valence-corrected chi connectivity index (χ2v) is 9.66. The second kappa shape index (κ2) is 9.85. The second-order valence-electron chi connectivity index (χ2n) is 9.66. The molecule has 0 saturated carbocycles. The smallest absolute Gasteiger partial charge is 0.0713 e. The fourth-order valence-corrected chi connectivity index (χ4v) is 5.85. The predicted octanol–water partition coefficient (Wildman–Crippen LogP) is 9.20. The van der Waals surface area contributed by atoms with E-state index < -0.39 is 5.41 Å². The van der Waals surface area contributed by atoms with E-state index in [1.807, 2.05) is 12.2 Å². The first-order chi connectivity index (χ1) is 18.7. The Morgan fingerprint density at radius 2 is 1.21 bits per heavy atom. The van der Waals surface area contributed by atoms with Gasteiger partial charge in [0.25, 0.3) is 0 Å². The zero-order valence-electron chi connectivity index (χ0n) is 21.1. The third kappa shape index (κ3) is 3.79. The minimum Gasteiger partial charge on any atom is -0.198 e. The maximum Gasteiger partial charge on any atom is 0.0713 e. The van der Waals surface area contributed by atoms with Crippen molar-refractivity contribution in [3.05, 3.63) is 174 Å². The van der Waals surface area contributed by atoms with Crippen LogP contribution in [0.25, 0.3) is 27.8 Å². The molecular weight excluding hydrogens is 458 g/mol. The monoisotopic (exact) mass is 485 g/mol. The fourth-order valence-electron chi connectivity index (χ4n) is 5.85. The Bertz CT molecular complexity index is 1650. The molecule has 0 amide bonds. The highest BCUT2D eigenvalue weighted by molar-refractivity contribution is 5.90. The number of benzene rings is 5. The maximum absolute atomic E-state index is 8.97. The van der Waals surface area contributed by atoms with E-state index in [0.29, 0.717) is 6.42 Å². The summed E-state index contributed by atoms with van der Waals surface area (Å²) in [4.78, 5) is 0. The molecule has 0 aromatic heterocycles. The summed E-state index contributed by atoms with van der Waals surface area (Å²) in [6.45, 7) is 4.32. The molecule has 38 heavy (non-hydrogen) atoms. The zero-order valence-corrected chi connectivity index (χ0v) is 21.1. The van der Waals surface area contributed by atoms with Crippen molar-refractivity contribution in [3.63, 3.8) is 0 Å². The van der Waals surface area contributed by atoms with E-state index in [1.54, 1.807) is 0 Å². The molecule has 1 heteroatoms. The molecule has 0 saturated heterocycles. The lowest BCUT2D eigenvalue weighted by atomic mass is 9.67. The highest BCUT2D eigenvalue weighted by Crippen LogP contribution is 2.57. The molecule has 0 atom stereocenters. The lowest BCUT2D eigenvalue weighted by molar-refractivity contribution is 0.768. The van der Waals surface area contributed by atoms with Crippen LogP contribution < -0.4 is 0 Å². The lowest BCUT2D eigenvalue weighted by Crippen LogP contribution is -2.28. The van der Waals surface area contributed by atoms with Gasteiger partial charge in [0.05, 0.1) is 17.9 Å². The Labute approximate surface area is 224 Å². The number of nitriles is 1. The van der Waals surface area contributed by atoms with Gasteiger partial charge in [-0.1, -0.05) is 134 Å². The van der Waals surface area contributed by atoms with E-state index in [0.717, 1.165) is 11.1 Å². The van der Waals surface area contributed by atoms with Crippen molar-refractivity contribution in [2.45, 2.75) is 11.8 Å². The van der Waals surface area contributed by atoms with Crippen molar-refractivity contribution in [1.29, 1.82) is 5.26 Å². The maximum atomic E-state index is 8.97. The summed E-state index contributed by atoms with van der Waals surface area (Å²) >= 11 is 0. The fraction of sp³-hybridized carbons (Fsp3) is 0.0541. The third-order valence-corrected chi connectivity index (χ3v) is 7.56. The van der Waals surface area contributed by atoms with Gasteiger partial charge >= 0.3 is 0 Å². The molecule has 0 fully saturated rings. The van der Waals surface area contributed by atoms with Crippen molar-refractivity contribution in [3.8, 4) is 28.3 Å². The van der Waals surface area contributed by atoms with Crippen LogP contribution in [0.4, 0.5) is 0 Å². The van der Waals surface area contributed by atoms with Gasteiger partial charge in [-0.05, 0) is 67.8 Å². The van der Waals surface area contributed by atoms with Crippen molar-refractivity contribution >= 4 is 5.57 Å². The normalized spacial score (nSPS) is 13.0. The molecule has 1 nitrogen and oxygen atoms in total. The van der Waals surface area contributed by atoms with E-state index >= 15 is 0 Å². The zero-order chi connectivity index (χ0) is 26.0. The summed E-state index contributed by atoms with van der Waals surface area (Å²) < 4.78 is 0. The van der Waals surface area contributed by atoms with Gasteiger partial charge in [-0.15, -0.1) is 0 Å². The van der Waals surface area contributed by atoms with Gasteiger partial charge in [-0.3, -0.25) is 0 Å². The van der Waals surface area contributed by atoms with E-state index in [2.05, 4.69) is 140 Å². The number of hydrogen-bond acceptors (Lipinski definition) is 1. The molecule has 5 aromatic rings. The number of rotatable bonds is 6. The molecule has 1 aliphatic rings. The van der Waals surface area contributed by atoms with Crippen molar-refractivity contribution < 1.29 is 0 Å². The Kier molecular flexibility index (Phi) is 6.08. The SMILES string of the molecule is C=C(/C=C\CC#N)c1ccc2c(c1)C(c1ccccc1)(c1ccccc1)c1cc(-c3ccccc3)ccc1-2. The molecule has 0 heterocycles. The van der Waals surface area contributed by atoms with Crippen LogP contribution in [0, 0.1) is 11.3 Å². The Morgan fingerprint density at radius 1 is 0.658 bits per heavy atom. The predicted molar refractivity (Wildman–Crippen MR) is 158 cm³/mol. The van der Waals surface area contributed by atoms with Gasteiger partial charge in [0.2, 0.25) is 0 Å². The molecule has 6 rings (SSSR count). The number of allylic oxidation sites excluding steroid dienone is 3. The van der Waals surface area contributed by atoms with E-state index in [9.17, 15) is 0 Å². The minimum atomic E-state index is -0.482. The molecule has 0 N–H and O–H groups in total. The molecule has 0 unspecified atom stereocenters. The first-order valence-electron chi connectivity index (χ1n) is 12.9. The summed E-state index contributed by atoms with van der Waals surface area (Å²) in [5, 5.41) is 8.97. The molecule has 0 aliphatic heterocycles. The van der Waals surface area contributed by atoms with Crippen LogP contribution >= 0.6 is 0 Å². The topological polar surface area (TPSA) is 23.8 Å². The van der Waals surface area contributed by atoms with Crippen molar-refractivity contribution in [2.75, 3.05) is 0 Å². The quantitative estimate of drug-likeness (QED) is 0.216. The summed E-state index contributed by atoms with van der Waals surface area (Å²) in [6, 6.07) is 48.0. The summed E-state index contributed by atoms with van der Waals surface area (Å²) in [7, 11) is 0. The number of hydrogen-bond donors (Lipinski definition) is 0. The summed E-state index contributed by atoms with van der Waals surface area (Å²) in [5.41, 5.74) is 11.4. The largest absolute Gasteiger partial charge is 0.198 e. The molecule has 180 valence electrons. The van der Waals surface area contributed by atoms with Crippen molar-refractivity contribution in [1.82, 2.24) is 0 Å². The minimum absolute atomic E-state index is 0.371. The molecule has 1 aliphatic carbocycles. The van der Waals surface area contributed by atoms with Crippen LogP contribution in [0.5, 0.6) is 0 Å². The summed E-state index contributed by atoms with van der Waals surface area (Å²) in [6.07, 6.45) is 4.20. The number of nitrogens with zero attached hydrogens (tertiary/aromatic N) is 1. The Hall–Kier alpha value is -4.93. The average molecular weight is 486 g/mol.